The number of benzene rings is 1. The first kappa shape index (κ1) is 17.8. The number of hydrogen-bond acceptors (Lipinski definition) is 5. The number of rotatable bonds is 5. The van der Waals surface area contributed by atoms with E-state index in [0.717, 1.165) is 13.1 Å². The maximum absolute atomic E-state index is 13.2. The van der Waals surface area contributed by atoms with Gasteiger partial charge in [0.05, 0.1) is 25.3 Å². The van der Waals surface area contributed by atoms with Crippen molar-refractivity contribution < 1.29 is 24.3 Å². The van der Waals surface area contributed by atoms with Crippen LogP contribution in [0.15, 0.2) is 48.7 Å². The Balaban J connectivity index is 1.62. The van der Waals surface area contributed by atoms with Gasteiger partial charge < -0.3 is 14.7 Å². The fourth-order valence-corrected chi connectivity index (χ4v) is 3.73. The van der Waals surface area contributed by atoms with E-state index in [0.29, 0.717) is 31.1 Å². The molecular formula is C20H22N3O4+. The number of amides is 1. The number of aromatic nitrogens is 1. The number of Topliss-reactive ketones (excluding diaryl/α,β-unsaturated/α-hetero) is 1. The lowest BCUT2D eigenvalue weighted by Crippen LogP contribution is -3.15. The monoisotopic (exact) mass is 368 g/mol. The van der Waals surface area contributed by atoms with Crippen LogP contribution in [0.3, 0.4) is 0 Å². The lowest BCUT2D eigenvalue weighted by Gasteiger charge is -2.29. The van der Waals surface area contributed by atoms with Crippen LogP contribution < -0.4 is 9.80 Å². The van der Waals surface area contributed by atoms with E-state index in [1.54, 1.807) is 35.2 Å². The molecule has 2 aliphatic heterocycles. The number of ether oxygens (including phenoxy) is 1. The highest BCUT2D eigenvalue weighted by Gasteiger charge is 2.51. The minimum Gasteiger partial charge on any atom is -0.375 e. The summed E-state index contributed by atoms with van der Waals surface area (Å²) in [5.74, 6) is -0.811. The van der Waals surface area contributed by atoms with Crippen molar-refractivity contribution in [2.24, 2.45) is 0 Å². The van der Waals surface area contributed by atoms with Gasteiger partial charge in [0.2, 0.25) is 0 Å². The Labute approximate surface area is 157 Å². The molecule has 1 fully saturated rings. The van der Waals surface area contributed by atoms with Gasteiger partial charge in [-0.05, 0) is 18.2 Å². The van der Waals surface area contributed by atoms with Gasteiger partial charge in [0.1, 0.15) is 18.8 Å². The molecule has 27 heavy (non-hydrogen) atoms. The number of para-hydroxylation sites is 1. The van der Waals surface area contributed by atoms with Gasteiger partial charge in [-0.2, -0.15) is 0 Å². The van der Waals surface area contributed by atoms with Crippen LogP contribution >= 0.6 is 0 Å². The Morgan fingerprint density at radius 3 is 2.67 bits per heavy atom. The summed E-state index contributed by atoms with van der Waals surface area (Å²) in [7, 11) is 0. The van der Waals surface area contributed by atoms with E-state index in [2.05, 4.69) is 4.98 Å². The summed E-state index contributed by atoms with van der Waals surface area (Å²) in [6.45, 7) is 3.36. The second-order valence-corrected chi connectivity index (χ2v) is 6.95. The zero-order valence-electron chi connectivity index (χ0n) is 14.9. The van der Waals surface area contributed by atoms with Crippen molar-refractivity contribution in [3.05, 3.63) is 59.9 Å². The van der Waals surface area contributed by atoms with Gasteiger partial charge >= 0.3 is 0 Å². The zero-order chi connectivity index (χ0) is 18.9. The maximum atomic E-state index is 13.2. The van der Waals surface area contributed by atoms with E-state index in [1.807, 2.05) is 12.1 Å². The Morgan fingerprint density at radius 1 is 1.19 bits per heavy atom. The molecular weight excluding hydrogens is 346 g/mol. The SMILES string of the molecule is O=C(C[C@]1(O)C(=O)N(C[NH+]2CCOCC2)c2ccccc21)c1ccccn1. The largest absolute Gasteiger partial charge is 0.375 e. The third kappa shape index (κ3) is 3.25. The molecule has 0 spiro atoms. The quantitative estimate of drug-likeness (QED) is 0.712. The maximum Gasteiger partial charge on any atom is 0.268 e. The van der Waals surface area contributed by atoms with Crippen LogP contribution in [-0.2, 0) is 15.1 Å². The van der Waals surface area contributed by atoms with Gasteiger partial charge in [-0.15, -0.1) is 0 Å². The van der Waals surface area contributed by atoms with E-state index in [4.69, 9.17) is 4.74 Å². The Morgan fingerprint density at radius 2 is 1.93 bits per heavy atom. The Bertz CT molecular complexity index is 851. The normalized spacial score (nSPS) is 22.7. The number of nitrogens with zero attached hydrogens (tertiary/aromatic N) is 2. The molecule has 7 heteroatoms. The minimum absolute atomic E-state index is 0.244. The van der Waals surface area contributed by atoms with E-state index in [-0.39, 0.29) is 17.9 Å². The molecule has 0 unspecified atom stereocenters. The first-order valence-electron chi connectivity index (χ1n) is 9.09. The van der Waals surface area contributed by atoms with Gasteiger partial charge in [-0.25, -0.2) is 0 Å². The standard InChI is InChI=1S/C20H21N3O4/c24-18(16-6-3-4-8-21-16)13-20(26)15-5-1-2-7-17(15)23(19(20)25)14-22-9-11-27-12-10-22/h1-8,26H,9-14H2/p+1/t20-/m1/s1. The van der Waals surface area contributed by atoms with Crippen LogP contribution in [0.5, 0.6) is 0 Å². The second kappa shape index (κ2) is 7.19. The van der Waals surface area contributed by atoms with E-state index >= 15 is 0 Å². The molecule has 0 bridgehead atoms. The smallest absolute Gasteiger partial charge is 0.268 e. The molecule has 2 aliphatic rings. The van der Waals surface area contributed by atoms with Crippen molar-refractivity contribution in [1.29, 1.82) is 0 Å². The Hall–Kier alpha value is -2.61. The average Bonchev–Trinajstić information content (AvgIpc) is 2.92. The molecule has 2 N–H and O–H groups in total. The molecule has 1 atom stereocenters. The number of ketones is 1. The first-order chi connectivity index (χ1) is 13.1. The van der Waals surface area contributed by atoms with E-state index in [9.17, 15) is 14.7 Å². The van der Waals surface area contributed by atoms with Gasteiger partial charge in [0, 0.05) is 11.8 Å². The van der Waals surface area contributed by atoms with Crippen molar-refractivity contribution in [1.82, 2.24) is 4.98 Å². The number of carbonyl (C=O) groups excluding carboxylic acids is 2. The number of quaternary nitrogens is 1. The van der Waals surface area contributed by atoms with E-state index < -0.39 is 11.5 Å². The number of carbonyl (C=O) groups is 2. The zero-order valence-corrected chi connectivity index (χ0v) is 14.9. The van der Waals surface area contributed by atoms with Crippen molar-refractivity contribution in [3.8, 4) is 0 Å². The molecule has 0 saturated carbocycles. The fourth-order valence-electron chi connectivity index (χ4n) is 3.73. The lowest BCUT2D eigenvalue weighted by molar-refractivity contribution is -0.906. The van der Waals surface area contributed by atoms with Crippen molar-refractivity contribution in [2.45, 2.75) is 12.0 Å². The van der Waals surface area contributed by atoms with E-state index in [1.165, 1.54) is 11.1 Å². The molecule has 1 aromatic heterocycles. The van der Waals surface area contributed by atoms with Crippen molar-refractivity contribution in [3.63, 3.8) is 0 Å². The number of pyridine rings is 1. The molecule has 0 radical (unpaired) electrons. The number of aliphatic hydroxyl groups is 1. The number of fused-ring (bicyclic) bond motifs is 1. The topological polar surface area (TPSA) is 84.2 Å². The fraction of sp³-hybridized carbons (Fsp3) is 0.350. The van der Waals surface area contributed by atoms with Crippen LogP contribution in [0, 0.1) is 0 Å². The molecule has 1 saturated heterocycles. The predicted octanol–water partition coefficient (Wildman–Crippen LogP) is -0.239. The summed E-state index contributed by atoms with van der Waals surface area (Å²) < 4.78 is 5.38. The molecule has 1 amide bonds. The van der Waals surface area contributed by atoms with Crippen molar-refractivity contribution >= 4 is 17.4 Å². The number of nitrogens with one attached hydrogen (secondary N) is 1. The summed E-state index contributed by atoms with van der Waals surface area (Å²) in [6.07, 6.45) is 1.20. The van der Waals surface area contributed by atoms with Gasteiger partial charge in [-0.3, -0.25) is 19.5 Å². The molecule has 2 aromatic rings. The summed E-state index contributed by atoms with van der Waals surface area (Å²) in [5.41, 5.74) is -0.477. The van der Waals surface area contributed by atoms with Gasteiger partial charge in [0.25, 0.3) is 5.91 Å². The number of anilines is 1. The molecule has 0 aliphatic carbocycles. The average molecular weight is 368 g/mol. The van der Waals surface area contributed by atoms with Crippen LogP contribution in [0.1, 0.15) is 22.5 Å². The summed E-state index contributed by atoms with van der Waals surface area (Å²) >= 11 is 0. The van der Waals surface area contributed by atoms with Crippen LogP contribution in [0.4, 0.5) is 5.69 Å². The summed E-state index contributed by atoms with van der Waals surface area (Å²) in [5, 5.41) is 11.3. The third-order valence-electron chi connectivity index (χ3n) is 5.19. The number of morpholine rings is 1. The van der Waals surface area contributed by atoms with Crippen LogP contribution in [0.2, 0.25) is 0 Å². The van der Waals surface area contributed by atoms with Crippen LogP contribution in [-0.4, -0.2) is 54.8 Å². The summed E-state index contributed by atoms with van der Waals surface area (Å²) in [4.78, 5) is 32.7. The van der Waals surface area contributed by atoms with Gasteiger partial charge in [-0.1, -0.05) is 24.3 Å². The minimum atomic E-state index is -1.86. The molecule has 3 heterocycles. The highest BCUT2D eigenvalue weighted by molar-refractivity contribution is 6.10. The molecule has 4 rings (SSSR count). The predicted molar refractivity (Wildman–Crippen MR) is 97.4 cm³/mol. The van der Waals surface area contributed by atoms with Crippen LogP contribution in [0.25, 0.3) is 0 Å². The van der Waals surface area contributed by atoms with Crippen molar-refractivity contribution in [2.75, 3.05) is 37.9 Å². The highest BCUT2D eigenvalue weighted by Crippen LogP contribution is 2.42. The molecule has 140 valence electrons. The lowest BCUT2D eigenvalue weighted by atomic mass is 9.89. The Kier molecular flexibility index (Phi) is 4.73. The molecule has 7 nitrogen and oxygen atoms in total. The number of hydrogen-bond donors (Lipinski definition) is 2. The molecule has 1 aromatic carbocycles. The first-order valence-corrected chi connectivity index (χ1v) is 9.09. The van der Waals surface area contributed by atoms with Gasteiger partial charge in [0.15, 0.2) is 18.1 Å². The summed E-state index contributed by atoms with van der Waals surface area (Å²) in [6, 6.07) is 12.2. The second-order valence-electron chi connectivity index (χ2n) is 6.95. The third-order valence-corrected chi connectivity index (χ3v) is 5.19. The highest BCUT2D eigenvalue weighted by atomic mass is 16.5.